The molecule has 0 bridgehead atoms. The number of halogens is 1. The lowest BCUT2D eigenvalue weighted by atomic mass is 10.2. The highest BCUT2D eigenvalue weighted by Gasteiger charge is 2.13. The number of methoxy groups -OCH3 is 1. The SMILES string of the molecule is COCCCS(=O)c1ccc(F)c(C(=O)O)c1. The summed E-state index contributed by atoms with van der Waals surface area (Å²) in [5.41, 5.74) is -0.456. The molecule has 1 aromatic carbocycles. The van der Waals surface area contributed by atoms with E-state index in [1.165, 1.54) is 6.07 Å². The van der Waals surface area contributed by atoms with Gasteiger partial charge in [0.2, 0.25) is 0 Å². The molecule has 0 spiro atoms. The fourth-order valence-corrected chi connectivity index (χ4v) is 2.35. The molecule has 94 valence electrons. The smallest absolute Gasteiger partial charge is 0.338 e. The van der Waals surface area contributed by atoms with Gasteiger partial charge in [-0.1, -0.05) is 0 Å². The predicted molar refractivity (Wildman–Crippen MR) is 61.1 cm³/mol. The van der Waals surface area contributed by atoms with E-state index in [1.807, 2.05) is 0 Å². The lowest BCUT2D eigenvalue weighted by molar-refractivity contribution is 0.0691. The van der Waals surface area contributed by atoms with Crippen molar-refractivity contribution in [2.45, 2.75) is 11.3 Å². The van der Waals surface area contributed by atoms with E-state index in [9.17, 15) is 13.4 Å². The first-order valence-corrected chi connectivity index (χ1v) is 6.28. The Labute approximate surface area is 101 Å². The van der Waals surface area contributed by atoms with Crippen LogP contribution in [-0.4, -0.2) is 34.8 Å². The highest BCUT2D eigenvalue weighted by Crippen LogP contribution is 2.14. The summed E-state index contributed by atoms with van der Waals surface area (Å²) in [7, 11) is 0.215. The van der Waals surface area contributed by atoms with Crippen molar-refractivity contribution < 1.29 is 23.2 Å². The van der Waals surface area contributed by atoms with Gasteiger partial charge in [-0.3, -0.25) is 4.21 Å². The molecule has 6 heteroatoms. The normalized spacial score (nSPS) is 12.4. The van der Waals surface area contributed by atoms with Crippen LogP contribution in [0.2, 0.25) is 0 Å². The van der Waals surface area contributed by atoms with Gasteiger partial charge in [0.15, 0.2) is 0 Å². The minimum absolute atomic E-state index is 0.319. The Hall–Kier alpha value is -1.27. The van der Waals surface area contributed by atoms with Gasteiger partial charge in [0.1, 0.15) is 5.82 Å². The molecule has 1 rings (SSSR count). The number of carboxylic acid groups (broad SMARTS) is 1. The maximum Gasteiger partial charge on any atom is 0.338 e. The summed E-state index contributed by atoms with van der Waals surface area (Å²) in [6.45, 7) is 0.485. The molecule has 0 fully saturated rings. The molecule has 0 aliphatic heterocycles. The molecule has 1 unspecified atom stereocenters. The van der Waals surface area contributed by atoms with Crippen LogP contribution in [0.5, 0.6) is 0 Å². The number of aromatic carboxylic acids is 1. The molecule has 0 aromatic heterocycles. The van der Waals surface area contributed by atoms with Gasteiger partial charge < -0.3 is 9.84 Å². The Kier molecular flexibility index (Phi) is 5.24. The van der Waals surface area contributed by atoms with Crippen LogP contribution in [0.25, 0.3) is 0 Å². The van der Waals surface area contributed by atoms with E-state index in [1.54, 1.807) is 7.11 Å². The summed E-state index contributed by atoms with van der Waals surface area (Å²) in [6, 6.07) is 3.47. The van der Waals surface area contributed by atoms with E-state index in [0.29, 0.717) is 23.7 Å². The van der Waals surface area contributed by atoms with Crippen molar-refractivity contribution in [2.75, 3.05) is 19.5 Å². The maximum atomic E-state index is 13.1. The third kappa shape index (κ3) is 3.90. The Bertz CT molecular complexity index is 433. The second-order valence-electron chi connectivity index (χ2n) is 3.34. The summed E-state index contributed by atoms with van der Waals surface area (Å²) in [4.78, 5) is 11.0. The average molecular weight is 260 g/mol. The second-order valence-corrected chi connectivity index (χ2v) is 4.91. The lowest BCUT2D eigenvalue weighted by Crippen LogP contribution is -2.05. The van der Waals surface area contributed by atoms with Crippen molar-refractivity contribution in [2.24, 2.45) is 0 Å². The van der Waals surface area contributed by atoms with Gasteiger partial charge in [-0.05, 0) is 24.6 Å². The molecule has 0 amide bonds. The van der Waals surface area contributed by atoms with Crippen LogP contribution in [0, 0.1) is 5.82 Å². The van der Waals surface area contributed by atoms with E-state index < -0.39 is 28.1 Å². The van der Waals surface area contributed by atoms with Crippen molar-refractivity contribution >= 4 is 16.8 Å². The number of rotatable bonds is 6. The van der Waals surface area contributed by atoms with Gasteiger partial charge in [-0.15, -0.1) is 0 Å². The Morgan fingerprint density at radius 3 is 2.82 bits per heavy atom. The first-order valence-electron chi connectivity index (χ1n) is 4.96. The highest BCUT2D eigenvalue weighted by molar-refractivity contribution is 7.85. The molecule has 4 nitrogen and oxygen atoms in total. The number of hydrogen-bond donors (Lipinski definition) is 1. The van der Waals surface area contributed by atoms with E-state index in [0.717, 1.165) is 12.1 Å². The van der Waals surface area contributed by atoms with Gasteiger partial charge >= 0.3 is 5.97 Å². The van der Waals surface area contributed by atoms with Crippen LogP contribution in [0.1, 0.15) is 16.8 Å². The summed E-state index contributed by atoms with van der Waals surface area (Å²) in [6.07, 6.45) is 0.600. The lowest BCUT2D eigenvalue weighted by Gasteiger charge is -2.04. The third-order valence-electron chi connectivity index (χ3n) is 2.11. The largest absolute Gasteiger partial charge is 0.478 e. The standard InChI is InChI=1S/C11H13FO4S/c1-16-5-2-6-17(15)8-3-4-10(12)9(7-8)11(13)14/h3-4,7H,2,5-6H2,1H3,(H,13,14). The van der Waals surface area contributed by atoms with Gasteiger partial charge in [0.05, 0.1) is 16.4 Å². The fourth-order valence-electron chi connectivity index (χ4n) is 1.26. The molecule has 0 heterocycles. The first-order chi connectivity index (χ1) is 8.06. The Morgan fingerprint density at radius 1 is 1.53 bits per heavy atom. The number of carboxylic acids is 1. The minimum atomic E-state index is -1.36. The van der Waals surface area contributed by atoms with E-state index in [-0.39, 0.29) is 0 Å². The number of hydrogen-bond acceptors (Lipinski definition) is 3. The minimum Gasteiger partial charge on any atom is -0.478 e. The van der Waals surface area contributed by atoms with E-state index in [4.69, 9.17) is 9.84 Å². The predicted octanol–water partition coefficient (Wildman–Crippen LogP) is 1.67. The van der Waals surface area contributed by atoms with Gasteiger partial charge in [-0.25, -0.2) is 9.18 Å². The molecule has 17 heavy (non-hydrogen) atoms. The fraction of sp³-hybridized carbons (Fsp3) is 0.364. The van der Waals surface area contributed by atoms with Crippen LogP contribution in [-0.2, 0) is 15.5 Å². The monoisotopic (exact) mass is 260 g/mol. The van der Waals surface area contributed by atoms with E-state index in [2.05, 4.69) is 0 Å². The van der Waals surface area contributed by atoms with Crippen LogP contribution < -0.4 is 0 Å². The molecule has 0 saturated carbocycles. The van der Waals surface area contributed by atoms with Gasteiger partial charge in [0.25, 0.3) is 0 Å². The zero-order valence-corrected chi connectivity index (χ0v) is 10.1. The molecule has 1 aromatic rings. The van der Waals surface area contributed by atoms with Crippen molar-refractivity contribution in [3.8, 4) is 0 Å². The topological polar surface area (TPSA) is 63.6 Å². The van der Waals surface area contributed by atoms with Crippen LogP contribution in [0.4, 0.5) is 4.39 Å². The number of benzene rings is 1. The zero-order chi connectivity index (χ0) is 12.8. The quantitative estimate of drug-likeness (QED) is 0.790. The summed E-state index contributed by atoms with van der Waals surface area (Å²) < 4.78 is 29.7. The molecule has 0 saturated heterocycles. The Balaban J connectivity index is 2.81. The Morgan fingerprint density at radius 2 is 2.24 bits per heavy atom. The van der Waals surface area contributed by atoms with Crippen LogP contribution >= 0.6 is 0 Å². The van der Waals surface area contributed by atoms with Crippen LogP contribution in [0.15, 0.2) is 23.1 Å². The summed E-state index contributed by atoms with van der Waals surface area (Å²) in [5.74, 6) is -1.83. The van der Waals surface area contributed by atoms with Gasteiger partial charge in [0, 0.05) is 24.4 Å². The zero-order valence-electron chi connectivity index (χ0n) is 9.31. The summed E-state index contributed by atoms with van der Waals surface area (Å²) in [5, 5.41) is 8.73. The maximum absolute atomic E-state index is 13.1. The molecule has 1 N–H and O–H groups in total. The van der Waals surface area contributed by atoms with Crippen molar-refractivity contribution in [3.63, 3.8) is 0 Å². The van der Waals surface area contributed by atoms with Crippen molar-refractivity contribution in [1.29, 1.82) is 0 Å². The number of ether oxygens (including phenoxy) is 1. The first kappa shape index (κ1) is 13.8. The number of carbonyl (C=O) groups is 1. The second kappa shape index (κ2) is 6.46. The molecule has 0 radical (unpaired) electrons. The molecular weight excluding hydrogens is 247 g/mol. The van der Waals surface area contributed by atoms with Gasteiger partial charge in [-0.2, -0.15) is 0 Å². The summed E-state index contributed by atoms with van der Waals surface area (Å²) >= 11 is 0. The van der Waals surface area contributed by atoms with E-state index >= 15 is 0 Å². The molecular formula is C11H13FO4S. The van der Waals surface area contributed by atoms with Crippen molar-refractivity contribution in [3.05, 3.63) is 29.6 Å². The van der Waals surface area contributed by atoms with Crippen LogP contribution in [0.3, 0.4) is 0 Å². The molecule has 0 aliphatic rings. The molecule has 1 atom stereocenters. The average Bonchev–Trinajstić information content (AvgIpc) is 2.29. The highest BCUT2D eigenvalue weighted by atomic mass is 32.2. The third-order valence-corrected chi connectivity index (χ3v) is 3.55. The molecule has 0 aliphatic carbocycles. The van der Waals surface area contributed by atoms with Crippen molar-refractivity contribution in [1.82, 2.24) is 0 Å².